The number of Topliss-reactive ketones (excluding diaryl/α,β-unsaturated/α-hetero) is 3. The van der Waals surface area contributed by atoms with E-state index < -0.39 is 0 Å². The molecule has 12 nitrogen and oxygen atoms in total. The van der Waals surface area contributed by atoms with Crippen LogP contribution in [-0.4, -0.2) is 111 Å². The van der Waals surface area contributed by atoms with Crippen molar-refractivity contribution in [2.75, 3.05) is 69.6 Å². The van der Waals surface area contributed by atoms with Crippen LogP contribution in [-0.2, 0) is 56.6 Å². The third-order valence-electron chi connectivity index (χ3n) is 11.7. The molecule has 70 heavy (non-hydrogen) atoms. The molecule has 0 radical (unpaired) electrons. The molecular weight excluding hydrogens is 889 g/mol. The number of hydrogen-bond donors (Lipinski definition) is 0. The molecule has 2 saturated heterocycles. The Morgan fingerprint density at radius 2 is 1.06 bits per heavy atom. The number of hydrogen-bond acceptors (Lipinski definition) is 12. The van der Waals surface area contributed by atoms with E-state index in [1.807, 2.05) is 72.8 Å². The lowest BCUT2D eigenvalue weighted by molar-refractivity contribution is -0.117. The Morgan fingerprint density at radius 1 is 0.543 bits per heavy atom. The van der Waals surface area contributed by atoms with Crippen LogP contribution in [0.4, 0.5) is 0 Å². The summed E-state index contributed by atoms with van der Waals surface area (Å²) in [6.45, 7) is 14.6. The summed E-state index contributed by atoms with van der Waals surface area (Å²) >= 11 is 0. The third kappa shape index (κ3) is 19.5. The molecule has 0 unspecified atom stereocenters. The second-order valence-corrected chi connectivity index (χ2v) is 18.1. The highest BCUT2D eigenvalue weighted by Gasteiger charge is 2.48. The first kappa shape index (κ1) is 59.0. The lowest BCUT2D eigenvalue weighted by Crippen LogP contribution is -2.32. The van der Waals surface area contributed by atoms with Gasteiger partial charge >= 0.3 is 0 Å². The average molecular weight is 967 g/mol. The Kier molecular flexibility index (Phi) is 26.2. The van der Waals surface area contributed by atoms with E-state index in [0.29, 0.717) is 26.4 Å². The summed E-state index contributed by atoms with van der Waals surface area (Å²) in [7, 11) is 11.8. The van der Waals surface area contributed by atoms with E-state index in [0.717, 1.165) is 87.9 Å². The van der Waals surface area contributed by atoms with Gasteiger partial charge in [0.15, 0.2) is 11.6 Å². The van der Waals surface area contributed by atoms with Crippen molar-refractivity contribution >= 4 is 28.1 Å². The Labute approximate surface area is 417 Å². The summed E-state index contributed by atoms with van der Waals surface area (Å²) in [6.07, 6.45) is 4.21. The minimum Gasteiger partial charge on any atom is -0.497 e. The van der Waals surface area contributed by atoms with Gasteiger partial charge in [0.25, 0.3) is 0 Å². The number of methoxy groups -OCH3 is 7. The van der Waals surface area contributed by atoms with E-state index in [4.69, 9.17) is 42.6 Å². The summed E-state index contributed by atoms with van der Waals surface area (Å²) in [4.78, 5) is 32.9. The SMILES string of the molecule is COCCCCCC(C)=O.COCc1ccc(-c2ccc(C(C)=O)cc2)cc1.COCc1ccc2cc(C(C)=O)ccc2c1.CO[C@H]1CO[C@@H]2[C@H]1OC[C@H]2OC.COc1ccc(OC)c(C(C)(C)C)c1. The molecule has 2 aliphatic rings. The summed E-state index contributed by atoms with van der Waals surface area (Å²) < 4.78 is 47.0. The van der Waals surface area contributed by atoms with Gasteiger partial charge < -0.3 is 47.4 Å². The summed E-state index contributed by atoms with van der Waals surface area (Å²) in [5.41, 5.74) is 7.29. The fraction of sp³-hybridized carbons (Fsp3) is 0.466. The molecular formula is C58H78O12. The number of ether oxygens (including phenoxy) is 9. The molecule has 12 heteroatoms. The van der Waals surface area contributed by atoms with Gasteiger partial charge in [0, 0.05) is 65.3 Å². The number of unbranched alkanes of at least 4 members (excludes halogenated alkanes) is 2. The number of fused-ring (bicyclic) bond motifs is 2. The molecule has 0 aliphatic carbocycles. The molecule has 0 spiro atoms. The first-order chi connectivity index (χ1) is 33.5. The van der Waals surface area contributed by atoms with E-state index in [-0.39, 0.29) is 47.2 Å². The van der Waals surface area contributed by atoms with E-state index in [1.165, 1.54) is 5.56 Å². The number of carbonyl (C=O) groups excluding carboxylic acids is 3. The molecule has 2 heterocycles. The van der Waals surface area contributed by atoms with E-state index in [1.54, 1.807) is 70.5 Å². The van der Waals surface area contributed by atoms with Gasteiger partial charge in [0.2, 0.25) is 0 Å². The van der Waals surface area contributed by atoms with Gasteiger partial charge in [-0.2, -0.15) is 0 Å². The van der Waals surface area contributed by atoms with Crippen LogP contribution < -0.4 is 9.47 Å². The molecule has 2 aliphatic heterocycles. The highest BCUT2D eigenvalue weighted by Crippen LogP contribution is 2.34. The van der Waals surface area contributed by atoms with Gasteiger partial charge in [0.1, 0.15) is 41.7 Å². The van der Waals surface area contributed by atoms with Crippen molar-refractivity contribution in [1.29, 1.82) is 0 Å². The van der Waals surface area contributed by atoms with E-state index in [2.05, 4.69) is 51.1 Å². The smallest absolute Gasteiger partial charge is 0.159 e. The zero-order valence-corrected chi connectivity index (χ0v) is 43.9. The average Bonchev–Trinajstić information content (AvgIpc) is 3.97. The van der Waals surface area contributed by atoms with Gasteiger partial charge in [-0.05, 0) is 102 Å². The number of benzene rings is 5. The van der Waals surface area contributed by atoms with Crippen molar-refractivity contribution in [3.63, 3.8) is 0 Å². The third-order valence-corrected chi connectivity index (χ3v) is 11.7. The van der Waals surface area contributed by atoms with Gasteiger partial charge in [-0.25, -0.2) is 0 Å². The van der Waals surface area contributed by atoms with Crippen LogP contribution in [0, 0.1) is 0 Å². The largest absolute Gasteiger partial charge is 0.497 e. The maximum Gasteiger partial charge on any atom is 0.159 e. The number of carbonyl (C=O) groups is 3. The lowest BCUT2D eigenvalue weighted by Gasteiger charge is -2.22. The normalized spacial score (nSPS) is 16.7. The van der Waals surface area contributed by atoms with Crippen LogP contribution in [0.15, 0.2) is 103 Å². The Hall–Kier alpha value is -5.31. The summed E-state index contributed by atoms with van der Waals surface area (Å²) in [5.74, 6) is 2.27. The first-order valence-electron chi connectivity index (χ1n) is 23.7. The van der Waals surface area contributed by atoms with Crippen LogP contribution in [0.5, 0.6) is 11.5 Å². The highest BCUT2D eigenvalue weighted by molar-refractivity contribution is 5.98. The molecule has 382 valence electrons. The van der Waals surface area contributed by atoms with E-state index >= 15 is 0 Å². The van der Waals surface area contributed by atoms with Gasteiger partial charge in [-0.3, -0.25) is 9.59 Å². The molecule has 0 amide bonds. The van der Waals surface area contributed by atoms with Crippen LogP contribution in [0.25, 0.3) is 21.9 Å². The second kappa shape index (κ2) is 31.1. The van der Waals surface area contributed by atoms with Crippen LogP contribution in [0.1, 0.15) is 105 Å². The minimum atomic E-state index is 0.0693. The van der Waals surface area contributed by atoms with Gasteiger partial charge in [0.05, 0.1) is 40.6 Å². The quantitative estimate of drug-likeness (QED) is 0.0648. The van der Waals surface area contributed by atoms with Crippen molar-refractivity contribution in [3.05, 3.63) is 131 Å². The minimum absolute atomic E-state index is 0.0693. The zero-order chi connectivity index (χ0) is 51.6. The maximum absolute atomic E-state index is 11.2. The molecule has 4 atom stereocenters. The molecule has 2 fully saturated rings. The Morgan fingerprint density at radius 3 is 1.54 bits per heavy atom. The fourth-order valence-electron chi connectivity index (χ4n) is 7.66. The van der Waals surface area contributed by atoms with Gasteiger partial charge in [-0.15, -0.1) is 0 Å². The van der Waals surface area contributed by atoms with Crippen molar-refractivity contribution < 1.29 is 57.0 Å². The van der Waals surface area contributed by atoms with Crippen molar-refractivity contribution in [2.45, 2.75) is 110 Å². The molecule has 7 rings (SSSR count). The Balaban J connectivity index is 0.000000235. The van der Waals surface area contributed by atoms with Crippen LogP contribution >= 0.6 is 0 Å². The monoisotopic (exact) mass is 967 g/mol. The molecule has 0 aromatic heterocycles. The predicted molar refractivity (Wildman–Crippen MR) is 278 cm³/mol. The second-order valence-electron chi connectivity index (χ2n) is 18.1. The topological polar surface area (TPSA) is 134 Å². The first-order valence-corrected chi connectivity index (χ1v) is 23.7. The number of ketones is 3. The maximum atomic E-state index is 11.2. The molecule has 5 aromatic rings. The van der Waals surface area contributed by atoms with Crippen LogP contribution in [0.3, 0.4) is 0 Å². The standard InChI is InChI=1S/C16H16O2.C14H14O2.C12H18O2.C8H14O4.C8H16O2/c1-12(17)14-7-9-16(10-8-14)15-5-3-13(4-6-15)11-18-2;1-10(15)12-5-6-13-7-11(9-16-2)3-4-14(13)8-12;1-12(2,3)10-8-9(13-4)6-7-11(10)14-5;1-9-5-3-11-8-6(10-2)4-12-7(5)8;1-8(9)6-4-3-5-7-10-2/h3-10H,11H2,1-2H3;3-8H,9H2,1-2H3;6-8H,1-5H3;5-8H,3-4H2,1-2H3;3-7H2,1-2H3/t;;;5-,6+,7-,8-;/m...0./s1. The highest BCUT2D eigenvalue weighted by atomic mass is 16.6. The Bertz CT molecular complexity index is 2300. The predicted octanol–water partition coefficient (Wildman–Crippen LogP) is 11.5. The van der Waals surface area contributed by atoms with Crippen LogP contribution in [0.2, 0.25) is 0 Å². The molecule has 0 saturated carbocycles. The number of rotatable bonds is 17. The summed E-state index contributed by atoms with van der Waals surface area (Å²) in [5, 5.41) is 2.23. The van der Waals surface area contributed by atoms with Crippen molar-refractivity contribution in [2.24, 2.45) is 0 Å². The molecule has 0 N–H and O–H groups in total. The van der Waals surface area contributed by atoms with Gasteiger partial charge in [-0.1, -0.05) is 100.0 Å². The van der Waals surface area contributed by atoms with Crippen molar-refractivity contribution in [3.8, 4) is 22.6 Å². The molecule has 0 bridgehead atoms. The van der Waals surface area contributed by atoms with Crippen molar-refractivity contribution in [1.82, 2.24) is 0 Å². The lowest BCUT2D eigenvalue weighted by atomic mass is 9.86. The summed E-state index contributed by atoms with van der Waals surface area (Å²) in [6, 6.07) is 33.7. The van der Waals surface area contributed by atoms with E-state index in [9.17, 15) is 14.4 Å². The molecule has 5 aromatic carbocycles. The fourth-order valence-corrected chi connectivity index (χ4v) is 7.66. The zero-order valence-electron chi connectivity index (χ0n) is 43.9.